The second-order valence-corrected chi connectivity index (χ2v) is 3.39. The molecule has 0 radical (unpaired) electrons. The summed E-state index contributed by atoms with van der Waals surface area (Å²) in [5.41, 5.74) is 2.35. The summed E-state index contributed by atoms with van der Waals surface area (Å²) in [5, 5.41) is 0. The minimum atomic E-state index is 0.643. The van der Waals surface area contributed by atoms with Crippen LogP contribution in [0.2, 0.25) is 0 Å². The molecule has 0 amide bonds. The minimum absolute atomic E-state index is 0.643. The van der Waals surface area contributed by atoms with Crippen molar-refractivity contribution in [3.05, 3.63) is 47.5 Å². The van der Waals surface area contributed by atoms with E-state index in [1.165, 1.54) is 11.1 Å². The number of ether oxygens (including phenoxy) is 2. The van der Waals surface area contributed by atoms with Gasteiger partial charge in [-0.1, -0.05) is 42.5 Å². The van der Waals surface area contributed by atoms with Crippen molar-refractivity contribution in [3.63, 3.8) is 0 Å². The Labute approximate surface area is 97.2 Å². The van der Waals surface area contributed by atoms with Gasteiger partial charge in [0.2, 0.25) is 0 Å². The van der Waals surface area contributed by atoms with Crippen molar-refractivity contribution >= 4 is 12.2 Å². The lowest BCUT2D eigenvalue weighted by molar-refractivity contribution is 0.234. The molecule has 0 heterocycles. The van der Waals surface area contributed by atoms with Crippen LogP contribution in [0.15, 0.2) is 36.4 Å². The van der Waals surface area contributed by atoms with E-state index in [0.717, 1.165) is 0 Å². The van der Waals surface area contributed by atoms with Crippen molar-refractivity contribution in [3.8, 4) is 0 Å². The lowest BCUT2D eigenvalue weighted by atomic mass is 10.1. The Morgan fingerprint density at radius 1 is 0.938 bits per heavy atom. The molecule has 86 valence electrons. The van der Waals surface area contributed by atoms with Gasteiger partial charge < -0.3 is 9.47 Å². The molecular weight excluding hydrogens is 200 g/mol. The van der Waals surface area contributed by atoms with Crippen LogP contribution in [0.5, 0.6) is 0 Å². The highest BCUT2D eigenvalue weighted by molar-refractivity contribution is 5.57. The maximum absolute atomic E-state index is 4.96. The number of hydrogen-bond donors (Lipinski definition) is 0. The van der Waals surface area contributed by atoms with Crippen molar-refractivity contribution in [2.75, 3.05) is 27.4 Å². The summed E-state index contributed by atoms with van der Waals surface area (Å²) in [6.45, 7) is 1.29. The molecule has 16 heavy (non-hydrogen) atoms. The zero-order valence-corrected chi connectivity index (χ0v) is 9.85. The van der Waals surface area contributed by atoms with Gasteiger partial charge in [-0.2, -0.15) is 0 Å². The van der Waals surface area contributed by atoms with Crippen molar-refractivity contribution < 1.29 is 9.47 Å². The van der Waals surface area contributed by atoms with Gasteiger partial charge in [0.25, 0.3) is 0 Å². The smallest absolute Gasteiger partial charge is 0.0646 e. The van der Waals surface area contributed by atoms with E-state index in [-0.39, 0.29) is 0 Å². The van der Waals surface area contributed by atoms with Crippen LogP contribution in [0.25, 0.3) is 12.2 Å². The summed E-state index contributed by atoms with van der Waals surface area (Å²) in [6.07, 6.45) is 8.10. The Hall–Kier alpha value is -1.38. The van der Waals surface area contributed by atoms with Crippen LogP contribution in [-0.4, -0.2) is 27.4 Å². The molecule has 0 aromatic heterocycles. The molecule has 2 nitrogen and oxygen atoms in total. The van der Waals surface area contributed by atoms with Gasteiger partial charge in [0.05, 0.1) is 13.2 Å². The molecule has 0 aliphatic carbocycles. The molecule has 0 N–H and O–H groups in total. The molecule has 1 aromatic rings. The predicted octanol–water partition coefficient (Wildman–Crippen LogP) is 3.01. The normalized spacial score (nSPS) is 11.6. The molecular formula is C14H18O2. The van der Waals surface area contributed by atoms with Crippen LogP contribution in [0, 0.1) is 0 Å². The van der Waals surface area contributed by atoms with Crippen LogP contribution >= 0.6 is 0 Å². The molecule has 0 aliphatic heterocycles. The first kappa shape index (κ1) is 12.7. The SMILES string of the molecule is COCC=Cc1cccc(C=CCOC)c1. The highest BCUT2D eigenvalue weighted by Crippen LogP contribution is 2.08. The van der Waals surface area contributed by atoms with Crippen molar-refractivity contribution in [2.45, 2.75) is 0 Å². The second-order valence-electron chi connectivity index (χ2n) is 3.39. The largest absolute Gasteiger partial charge is 0.381 e. The third-order valence-electron chi connectivity index (χ3n) is 2.06. The topological polar surface area (TPSA) is 18.5 Å². The van der Waals surface area contributed by atoms with Gasteiger partial charge in [0.1, 0.15) is 0 Å². The number of benzene rings is 1. The summed E-state index contributed by atoms with van der Waals surface area (Å²) < 4.78 is 9.91. The molecule has 0 saturated heterocycles. The first-order chi connectivity index (χ1) is 7.86. The lowest BCUT2D eigenvalue weighted by Gasteiger charge is -1.97. The number of methoxy groups -OCH3 is 2. The second kappa shape index (κ2) is 7.85. The van der Waals surface area contributed by atoms with Crippen LogP contribution in [0.1, 0.15) is 11.1 Å². The summed E-state index contributed by atoms with van der Waals surface area (Å²) in [7, 11) is 3.38. The maximum Gasteiger partial charge on any atom is 0.0646 e. The van der Waals surface area contributed by atoms with Crippen LogP contribution in [-0.2, 0) is 9.47 Å². The Balaban J connectivity index is 2.63. The molecule has 1 rings (SSSR count). The van der Waals surface area contributed by atoms with Gasteiger partial charge >= 0.3 is 0 Å². The standard InChI is InChI=1S/C14H18O2/c1-15-10-4-8-13-6-3-7-14(12-13)9-5-11-16-2/h3-9,12H,10-11H2,1-2H3. The quantitative estimate of drug-likeness (QED) is 0.730. The first-order valence-electron chi connectivity index (χ1n) is 5.28. The molecule has 0 bridgehead atoms. The highest BCUT2D eigenvalue weighted by atomic mass is 16.5. The molecule has 0 atom stereocenters. The third kappa shape index (κ3) is 4.91. The Morgan fingerprint density at radius 2 is 1.44 bits per heavy atom. The van der Waals surface area contributed by atoms with E-state index in [1.807, 2.05) is 18.2 Å². The third-order valence-corrected chi connectivity index (χ3v) is 2.06. The van der Waals surface area contributed by atoms with Crippen LogP contribution in [0.3, 0.4) is 0 Å². The van der Waals surface area contributed by atoms with Gasteiger partial charge in [0.15, 0.2) is 0 Å². The monoisotopic (exact) mass is 218 g/mol. The van der Waals surface area contributed by atoms with Crippen molar-refractivity contribution in [1.82, 2.24) is 0 Å². The average molecular weight is 218 g/mol. The van der Waals surface area contributed by atoms with E-state index in [1.54, 1.807) is 14.2 Å². The van der Waals surface area contributed by atoms with E-state index in [9.17, 15) is 0 Å². The zero-order chi connectivity index (χ0) is 11.6. The van der Waals surface area contributed by atoms with Crippen molar-refractivity contribution in [1.29, 1.82) is 0 Å². The first-order valence-corrected chi connectivity index (χ1v) is 5.28. The molecule has 2 heteroatoms. The maximum atomic E-state index is 4.96. The lowest BCUT2D eigenvalue weighted by Crippen LogP contribution is -1.82. The van der Waals surface area contributed by atoms with Gasteiger partial charge in [-0.3, -0.25) is 0 Å². The highest BCUT2D eigenvalue weighted by Gasteiger charge is 1.89. The van der Waals surface area contributed by atoms with Gasteiger partial charge in [-0.05, 0) is 17.2 Å². The summed E-state index contributed by atoms with van der Waals surface area (Å²) >= 11 is 0. The summed E-state index contributed by atoms with van der Waals surface area (Å²) in [5.74, 6) is 0. The van der Waals surface area contributed by atoms with Crippen molar-refractivity contribution in [2.24, 2.45) is 0 Å². The fourth-order valence-electron chi connectivity index (χ4n) is 1.33. The molecule has 0 fully saturated rings. The van der Waals surface area contributed by atoms with Gasteiger partial charge in [-0.25, -0.2) is 0 Å². The Bertz CT molecular complexity index is 322. The number of rotatable bonds is 6. The fourth-order valence-corrected chi connectivity index (χ4v) is 1.33. The van der Waals surface area contributed by atoms with Gasteiger partial charge in [-0.15, -0.1) is 0 Å². The zero-order valence-electron chi connectivity index (χ0n) is 9.85. The summed E-state index contributed by atoms with van der Waals surface area (Å²) in [4.78, 5) is 0. The van der Waals surface area contributed by atoms with E-state index in [4.69, 9.17) is 9.47 Å². The molecule has 0 unspecified atom stereocenters. The molecule has 1 aromatic carbocycles. The van der Waals surface area contributed by atoms with E-state index >= 15 is 0 Å². The number of hydrogen-bond acceptors (Lipinski definition) is 2. The van der Waals surface area contributed by atoms with Crippen LogP contribution in [0.4, 0.5) is 0 Å². The van der Waals surface area contributed by atoms with E-state index in [2.05, 4.69) is 30.4 Å². The van der Waals surface area contributed by atoms with Crippen LogP contribution < -0.4 is 0 Å². The molecule has 0 spiro atoms. The van der Waals surface area contributed by atoms with E-state index in [0.29, 0.717) is 13.2 Å². The molecule has 0 aliphatic rings. The minimum Gasteiger partial charge on any atom is -0.381 e. The summed E-state index contributed by atoms with van der Waals surface area (Å²) in [6, 6.07) is 8.30. The molecule has 0 saturated carbocycles. The fraction of sp³-hybridized carbons (Fsp3) is 0.286. The predicted molar refractivity (Wildman–Crippen MR) is 68.3 cm³/mol. The Kier molecular flexibility index (Phi) is 6.23. The van der Waals surface area contributed by atoms with Gasteiger partial charge in [0, 0.05) is 14.2 Å². The van der Waals surface area contributed by atoms with E-state index < -0.39 is 0 Å². The Morgan fingerprint density at radius 3 is 1.88 bits per heavy atom. The average Bonchev–Trinajstić information content (AvgIpc) is 2.30.